The highest BCUT2D eigenvalue weighted by molar-refractivity contribution is 9.10. The molecular formula is C16H17BrClNO. The van der Waals surface area contributed by atoms with E-state index in [2.05, 4.69) is 28.2 Å². The van der Waals surface area contributed by atoms with E-state index >= 15 is 0 Å². The standard InChI is InChI=1S/C16H17BrClNO/c1-11(2-3-12-4-7-14(20)8-5-12)19-13-6-9-16(18)15(17)10-13/h4-11,19-20H,2-3H2,1H3. The highest BCUT2D eigenvalue weighted by atomic mass is 79.9. The molecule has 20 heavy (non-hydrogen) atoms. The van der Waals surface area contributed by atoms with Crippen LogP contribution in [0.15, 0.2) is 46.9 Å². The van der Waals surface area contributed by atoms with Crippen LogP contribution in [0.5, 0.6) is 5.75 Å². The SMILES string of the molecule is CC(CCc1ccc(O)cc1)Nc1ccc(Cl)c(Br)c1. The lowest BCUT2D eigenvalue weighted by atomic mass is 10.1. The number of rotatable bonds is 5. The molecule has 0 radical (unpaired) electrons. The van der Waals surface area contributed by atoms with Crippen molar-refractivity contribution in [3.63, 3.8) is 0 Å². The molecule has 0 saturated heterocycles. The van der Waals surface area contributed by atoms with Crippen LogP contribution in [-0.2, 0) is 6.42 Å². The number of halogens is 2. The minimum Gasteiger partial charge on any atom is -0.508 e. The first-order chi connectivity index (χ1) is 9.54. The molecule has 0 bridgehead atoms. The molecule has 4 heteroatoms. The largest absolute Gasteiger partial charge is 0.508 e. The minimum atomic E-state index is 0.311. The molecule has 0 heterocycles. The van der Waals surface area contributed by atoms with Gasteiger partial charge in [0.1, 0.15) is 5.75 Å². The molecule has 2 nitrogen and oxygen atoms in total. The van der Waals surface area contributed by atoms with Gasteiger partial charge >= 0.3 is 0 Å². The maximum Gasteiger partial charge on any atom is 0.115 e. The normalized spacial score (nSPS) is 12.2. The van der Waals surface area contributed by atoms with Crippen LogP contribution >= 0.6 is 27.5 Å². The monoisotopic (exact) mass is 353 g/mol. The van der Waals surface area contributed by atoms with Crippen molar-refractivity contribution in [1.29, 1.82) is 0 Å². The zero-order chi connectivity index (χ0) is 14.5. The molecule has 0 spiro atoms. The topological polar surface area (TPSA) is 32.3 Å². The van der Waals surface area contributed by atoms with Crippen LogP contribution in [0, 0.1) is 0 Å². The Labute approximate surface area is 132 Å². The van der Waals surface area contributed by atoms with Crippen molar-refractivity contribution in [2.75, 3.05) is 5.32 Å². The summed E-state index contributed by atoms with van der Waals surface area (Å²) in [4.78, 5) is 0. The van der Waals surface area contributed by atoms with E-state index in [9.17, 15) is 5.11 Å². The maximum atomic E-state index is 9.25. The van der Waals surface area contributed by atoms with Gasteiger partial charge in [0.05, 0.1) is 5.02 Å². The highest BCUT2D eigenvalue weighted by Crippen LogP contribution is 2.26. The van der Waals surface area contributed by atoms with Crippen molar-refractivity contribution in [2.45, 2.75) is 25.8 Å². The minimum absolute atomic E-state index is 0.311. The average molecular weight is 355 g/mol. The third kappa shape index (κ3) is 4.43. The number of aromatic hydroxyl groups is 1. The fourth-order valence-electron chi connectivity index (χ4n) is 1.99. The van der Waals surface area contributed by atoms with Crippen LogP contribution < -0.4 is 5.32 Å². The van der Waals surface area contributed by atoms with Gasteiger partial charge in [0.15, 0.2) is 0 Å². The Morgan fingerprint density at radius 2 is 1.90 bits per heavy atom. The van der Waals surface area contributed by atoms with E-state index in [1.807, 2.05) is 30.3 Å². The Balaban J connectivity index is 1.87. The molecule has 0 aliphatic rings. The molecule has 0 aliphatic carbocycles. The average Bonchev–Trinajstić information content (AvgIpc) is 2.42. The van der Waals surface area contributed by atoms with Crippen LogP contribution in [0.25, 0.3) is 0 Å². The first kappa shape index (κ1) is 15.2. The van der Waals surface area contributed by atoms with E-state index in [1.165, 1.54) is 5.56 Å². The van der Waals surface area contributed by atoms with Crippen molar-refractivity contribution in [3.8, 4) is 5.75 Å². The Bertz CT molecular complexity index is 571. The molecule has 2 N–H and O–H groups in total. The van der Waals surface area contributed by atoms with Gasteiger partial charge in [-0.3, -0.25) is 0 Å². The lowest BCUT2D eigenvalue weighted by Crippen LogP contribution is -2.15. The molecule has 0 fully saturated rings. The Kier molecular flexibility index (Phi) is 5.32. The van der Waals surface area contributed by atoms with Gasteiger partial charge in [-0.2, -0.15) is 0 Å². The zero-order valence-corrected chi connectivity index (χ0v) is 13.6. The van der Waals surface area contributed by atoms with Crippen molar-refractivity contribution >= 4 is 33.2 Å². The van der Waals surface area contributed by atoms with Gasteiger partial charge < -0.3 is 10.4 Å². The molecule has 2 rings (SSSR count). The summed E-state index contributed by atoms with van der Waals surface area (Å²) in [7, 11) is 0. The number of phenolic OH excluding ortho intramolecular Hbond substituents is 1. The molecule has 1 unspecified atom stereocenters. The summed E-state index contributed by atoms with van der Waals surface area (Å²) in [6, 6.07) is 13.6. The van der Waals surface area contributed by atoms with Gasteiger partial charge in [0.2, 0.25) is 0 Å². The van der Waals surface area contributed by atoms with Crippen LogP contribution in [0.3, 0.4) is 0 Å². The summed E-state index contributed by atoms with van der Waals surface area (Å²) in [6.45, 7) is 2.16. The fraction of sp³-hybridized carbons (Fsp3) is 0.250. The van der Waals surface area contributed by atoms with Crippen LogP contribution in [-0.4, -0.2) is 11.1 Å². The summed E-state index contributed by atoms with van der Waals surface area (Å²) in [5, 5.41) is 13.4. The second-order valence-corrected chi connectivity index (χ2v) is 6.14. The summed E-state index contributed by atoms with van der Waals surface area (Å²) in [5.41, 5.74) is 2.29. The molecule has 2 aromatic carbocycles. The van der Waals surface area contributed by atoms with E-state index in [0.717, 1.165) is 23.0 Å². The lowest BCUT2D eigenvalue weighted by molar-refractivity contribution is 0.475. The van der Waals surface area contributed by atoms with E-state index < -0.39 is 0 Å². The van der Waals surface area contributed by atoms with E-state index in [4.69, 9.17) is 11.6 Å². The lowest BCUT2D eigenvalue weighted by Gasteiger charge is -2.15. The number of benzene rings is 2. The quantitative estimate of drug-likeness (QED) is 0.769. The highest BCUT2D eigenvalue weighted by Gasteiger charge is 2.05. The van der Waals surface area contributed by atoms with Crippen molar-refractivity contribution < 1.29 is 5.11 Å². The first-order valence-electron chi connectivity index (χ1n) is 6.54. The number of nitrogens with one attached hydrogen (secondary N) is 1. The van der Waals surface area contributed by atoms with Crippen LogP contribution in [0.1, 0.15) is 18.9 Å². The van der Waals surface area contributed by atoms with Crippen molar-refractivity contribution in [2.24, 2.45) is 0 Å². The Morgan fingerprint density at radius 1 is 1.20 bits per heavy atom. The fourth-order valence-corrected chi connectivity index (χ4v) is 2.48. The predicted octanol–water partition coefficient (Wildman–Crippen LogP) is 5.24. The maximum absolute atomic E-state index is 9.25. The molecule has 0 aromatic heterocycles. The number of phenols is 1. The summed E-state index contributed by atoms with van der Waals surface area (Å²) in [5.74, 6) is 0.311. The van der Waals surface area contributed by atoms with Gasteiger partial charge in [-0.05, 0) is 71.6 Å². The molecule has 0 amide bonds. The van der Waals surface area contributed by atoms with Gasteiger partial charge in [-0.15, -0.1) is 0 Å². The summed E-state index contributed by atoms with van der Waals surface area (Å²) >= 11 is 9.40. The molecule has 2 aromatic rings. The Hall–Kier alpha value is -1.19. The van der Waals surface area contributed by atoms with Gasteiger partial charge in [-0.1, -0.05) is 23.7 Å². The second-order valence-electron chi connectivity index (χ2n) is 4.88. The molecule has 0 aliphatic heterocycles. The van der Waals surface area contributed by atoms with Gasteiger partial charge in [0, 0.05) is 16.2 Å². The number of hydrogen-bond acceptors (Lipinski definition) is 2. The third-order valence-electron chi connectivity index (χ3n) is 3.14. The van der Waals surface area contributed by atoms with E-state index in [-0.39, 0.29) is 0 Å². The van der Waals surface area contributed by atoms with Crippen LogP contribution in [0.2, 0.25) is 5.02 Å². The smallest absolute Gasteiger partial charge is 0.115 e. The third-order valence-corrected chi connectivity index (χ3v) is 4.35. The van der Waals surface area contributed by atoms with Crippen molar-refractivity contribution in [3.05, 3.63) is 57.5 Å². The molecular weight excluding hydrogens is 338 g/mol. The van der Waals surface area contributed by atoms with E-state index in [0.29, 0.717) is 16.8 Å². The number of hydrogen-bond donors (Lipinski definition) is 2. The van der Waals surface area contributed by atoms with E-state index in [1.54, 1.807) is 12.1 Å². The Morgan fingerprint density at radius 3 is 2.55 bits per heavy atom. The summed E-state index contributed by atoms with van der Waals surface area (Å²) < 4.78 is 0.898. The first-order valence-corrected chi connectivity index (χ1v) is 7.71. The van der Waals surface area contributed by atoms with Gasteiger partial charge in [-0.25, -0.2) is 0 Å². The van der Waals surface area contributed by atoms with Crippen molar-refractivity contribution in [1.82, 2.24) is 0 Å². The number of aryl methyl sites for hydroxylation is 1. The molecule has 106 valence electrons. The molecule has 0 saturated carbocycles. The van der Waals surface area contributed by atoms with Crippen LogP contribution in [0.4, 0.5) is 5.69 Å². The summed E-state index contributed by atoms with van der Waals surface area (Å²) in [6.07, 6.45) is 1.99. The number of anilines is 1. The predicted molar refractivity (Wildman–Crippen MR) is 88.7 cm³/mol. The molecule has 1 atom stereocenters. The second kappa shape index (κ2) is 7.00. The van der Waals surface area contributed by atoms with Gasteiger partial charge in [0.25, 0.3) is 0 Å². The zero-order valence-electron chi connectivity index (χ0n) is 11.2.